The smallest absolute Gasteiger partial charge is 0.337 e. The summed E-state index contributed by atoms with van der Waals surface area (Å²) >= 11 is 3.41. The Kier molecular flexibility index (Phi) is 5.31. The van der Waals surface area contributed by atoms with E-state index in [4.69, 9.17) is 9.26 Å². The van der Waals surface area contributed by atoms with Gasteiger partial charge in [0.2, 0.25) is 5.89 Å². The number of aryl methyl sites for hydroxylation is 1. The van der Waals surface area contributed by atoms with Crippen molar-refractivity contribution in [3.63, 3.8) is 0 Å². The number of aromatic nitrogens is 2. The lowest BCUT2D eigenvalue weighted by Gasteiger charge is -2.41. The molecule has 0 saturated carbocycles. The van der Waals surface area contributed by atoms with E-state index in [2.05, 4.69) is 26.1 Å². The van der Waals surface area contributed by atoms with Gasteiger partial charge in [0.25, 0.3) is 0 Å². The summed E-state index contributed by atoms with van der Waals surface area (Å²) in [6, 6.07) is 6.54. The zero-order valence-electron chi connectivity index (χ0n) is 15.4. The molecule has 0 saturated heterocycles. The van der Waals surface area contributed by atoms with Crippen LogP contribution in [-0.4, -0.2) is 46.1 Å². The highest BCUT2D eigenvalue weighted by Crippen LogP contribution is 2.38. The summed E-state index contributed by atoms with van der Waals surface area (Å²) in [6.45, 7) is 3.50. The molecule has 9 heteroatoms. The first-order valence-corrected chi connectivity index (χ1v) is 9.00. The molecule has 0 N–H and O–H groups in total. The van der Waals surface area contributed by atoms with E-state index in [-0.39, 0.29) is 12.6 Å². The third kappa shape index (κ3) is 3.59. The molecule has 0 fully saturated rings. The minimum Gasteiger partial charge on any atom is -0.466 e. The first-order valence-electron chi connectivity index (χ1n) is 8.21. The third-order valence-corrected chi connectivity index (χ3v) is 5.01. The molecule has 0 spiro atoms. The molecule has 2 aromatic rings. The summed E-state index contributed by atoms with van der Waals surface area (Å²) in [5.74, 6) is 0.275. The number of benzene rings is 1. The highest BCUT2D eigenvalue weighted by molar-refractivity contribution is 9.10. The molecule has 3 rings (SSSR count). The Morgan fingerprint density at radius 1 is 1.30 bits per heavy atom. The molecule has 1 atom stereocenters. The molecule has 142 valence electrons. The second kappa shape index (κ2) is 7.51. The maximum Gasteiger partial charge on any atom is 0.337 e. The highest BCUT2D eigenvalue weighted by Gasteiger charge is 2.41. The van der Waals surface area contributed by atoms with Gasteiger partial charge in [-0.1, -0.05) is 33.2 Å². The van der Waals surface area contributed by atoms with E-state index in [0.717, 1.165) is 10.0 Å². The second-order valence-corrected chi connectivity index (χ2v) is 7.06. The fraction of sp³-hybridized carbons (Fsp3) is 0.333. The molecule has 1 aromatic carbocycles. The Bertz CT molecular complexity index is 906. The number of hydrogen-bond acceptors (Lipinski definition) is 6. The van der Waals surface area contributed by atoms with Crippen LogP contribution in [-0.2, 0) is 16.1 Å². The number of allylic oxidation sites excluding steroid dienone is 1. The van der Waals surface area contributed by atoms with Gasteiger partial charge < -0.3 is 19.1 Å². The maximum absolute atomic E-state index is 13.0. The third-order valence-electron chi connectivity index (χ3n) is 4.48. The monoisotopic (exact) mass is 434 g/mol. The van der Waals surface area contributed by atoms with Crippen molar-refractivity contribution in [3.8, 4) is 0 Å². The molecule has 1 aliphatic heterocycles. The van der Waals surface area contributed by atoms with Crippen LogP contribution in [0.2, 0.25) is 0 Å². The molecule has 8 nitrogen and oxygen atoms in total. The van der Waals surface area contributed by atoms with Crippen LogP contribution in [0.3, 0.4) is 0 Å². The summed E-state index contributed by atoms with van der Waals surface area (Å²) in [6.07, 6.45) is 0. The van der Waals surface area contributed by atoms with Gasteiger partial charge >= 0.3 is 12.0 Å². The Morgan fingerprint density at radius 2 is 1.96 bits per heavy atom. The number of esters is 1. The summed E-state index contributed by atoms with van der Waals surface area (Å²) in [4.78, 5) is 32.7. The van der Waals surface area contributed by atoms with E-state index in [1.54, 1.807) is 20.9 Å². The number of urea groups is 1. The Morgan fingerprint density at radius 3 is 2.52 bits per heavy atom. The van der Waals surface area contributed by atoms with E-state index in [0.29, 0.717) is 23.0 Å². The van der Waals surface area contributed by atoms with Gasteiger partial charge in [0.05, 0.1) is 25.3 Å². The zero-order chi connectivity index (χ0) is 19.7. The van der Waals surface area contributed by atoms with E-state index in [9.17, 15) is 9.59 Å². The number of carbonyl (C=O) groups is 2. The molecule has 27 heavy (non-hydrogen) atoms. The largest absolute Gasteiger partial charge is 0.466 e. The van der Waals surface area contributed by atoms with Crippen molar-refractivity contribution in [1.82, 2.24) is 19.9 Å². The molecule has 1 aromatic heterocycles. The Hall–Kier alpha value is -2.68. The van der Waals surface area contributed by atoms with Gasteiger partial charge in [-0.25, -0.2) is 9.59 Å². The van der Waals surface area contributed by atoms with Gasteiger partial charge in [-0.3, -0.25) is 0 Å². The lowest BCUT2D eigenvalue weighted by atomic mass is 9.93. The van der Waals surface area contributed by atoms with Crippen molar-refractivity contribution in [2.45, 2.75) is 26.4 Å². The SMILES string of the molecule is COC(=O)C1=C(C)N(C)C(=O)N(Cc2noc(C)n2)C1c1ccc(Br)cc1. The number of rotatable bonds is 4. The minimum absolute atomic E-state index is 0.0923. The standard InChI is InChI=1S/C18H19BrN4O4/c1-10-15(17(24)26-4)16(12-5-7-13(19)8-6-12)23(18(25)22(10)3)9-14-20-11(2)27-21-14/h5-8,16H,9H2,1-4H3. The van der Waals surface area contributed by atoms with Crippen molar-refractivity contribution in [3.05, 3.63) is 57.3 Å². The molecule has 2 heterocycles. The van der Waals surface area contributed by atoms with Gasteiger partial charge in [0, 0.05) is 24.1 Å². The van der Waals surface area contributed by atoms with Crippen LogP contribution >= 0.6 is 15.9 Å². The number of hydrogen-bond donors (Lipinski definition) is 0. The van der Waals surface area contributed by atoms with Crippen LogP contribution < -0.4 is 0 Å². The van der Waals surface area contributed by atoms with E-state index in [1.165, 1.54) is 16.9 Å². The fourth-order valence-corrected chi connectivity index (χ4v) is 3.32. The van der Waals surface area contributed by atoms with Crippen LogP contribution in [0.5, 0.6) is 0 Å². The van der Waals surface area contributed by atoms with Gasteiger partial charge in [0.1, 0.15) is 0 Å². The Balaban J connectivity index is 2.14. The van der Waals surface area contributed by atoms with E-state index < -0.39 is 12.0 Å². The number of ether oxygens (including phenoxy) is 1. The lowest BCUT2D eigenvalue weighted by molar-refractivity contribution is -0.137. The predicted octanol–water partition coefficient (Wildman–Crippen LogP) is 3.20. The van der Waals surface area contributed by atoms with Crippen LogP contribution in [0.1, 0.15) is 30.2 Å². The molecular weight excluding hydrogens is 416 g/mol. The van der Waals surface area contributed by atoms with Crippen molar-refractivity contribution in [1.29, 1.82) is 0 Å². The van der Waals surface area contributed by atoms with Crippen molar-refractivity contribution < 1.29 is 18.8 Å². The summed E-state index contributed by atoms with van der Waals surface area (Å²) in [5, 5.41) is 3.88. The van der Waals surface area contributed by atoms with Crippen LogP contribution in [0.4, 0.5) is 4.79 Å². The topological polar surface area (TPSA) is 88.8 Å². The van der Waals surface area contributed by atoms with Crippen LogP contribution in [0.15, 0.2) is 44.5 Å². The number of carbonyl (C=O) groups excluding carboxylic acids is 2. The molecule has 1 unspecified atom stereocenters. The molecule has 0 radical (unpaired) electrons. The average molecular weight is 435 g/mol. The van der Waals surface area contributed by atoms with Crippen molar-refractivity contribution >= 4 is 27.9 Å². The summed E-state index contributed by atoms with van der Waals surface area (Å²) in [7, 11) is 2.94. The van der Waals surface area contributed by atoms with Gasteiger partial charge in [-0.05, 0) is 24.6 Å². The van der Waals surface area contributed by atoms with Crippen LogP contribution in [0.25, 0.3) is 0 Å². The van der Waals surface area contributed by atoms with Gasteiger partial charge in [0.15, 0.2) is 5.82 Å². The molecule has 2 amide bonds. The Labute approximate surface area is 164 Å². The molecule has 1 aliphatic rings. The summed E-state index contributed by atoms with van der Waals surface area (Å²) < 4.78 is 10.9. The molecule has 0 bridgehead atoms. The van der Waals surface area contributed by atoms with Crippen LogP contribution in [0, 0.1) is 6.92 Å². The quantitative estimate of drug-likeness (QED) is 0.686. The van der Waals surface area contributed by atoms with Gasteiger partial charge in [-0.15, -0.1) is 0 Å². The highest BCUT2D eigenvalue weighted by atomic mass is 79.9. The van der Waals surface area contributed by atoms with Crippen molar-refractivity contribution in [2.24, 2.45) is 0 Å². The van der Waals surface area contributed by atoms with E-state index in [1.807, 2.05) is 24.3 Å². The summed E-state index contributed by atoms with van der Waals surface area (Å²) in [5.41, 5.74) is 1.71. The van der Waals surface area contributed by atoms with Crippen molar-refractivity contribution in [2.75, 3.05) is 14.2 Å². The van der Waals surface area contributed by atoms with E-state index >= 15 is 0 Å². The average Bonchev–Trinajstić information content (AvgIpc) is 3.07. The number of amides is 2. The lowest BCUT2D eigenvalue weighted by Crippen LogP contribution is -2.48. The molecular formula is C18H19BrN4O4. The van der Waals surface area contributed by atoms with Gasteiger partial charge in [-0.2, -0.15) is 4.98 Å². The number of nitrogens with zero attached hydrogens (tertiary/aromatic N) is 4. The second-order valence-electron chi connectivity index (χ2n) is 6.14. The molecule has 0 aliphatic carbocycles. The normalized spacial score (nSPS) is 17.5. The number of halogens is 1. The minimum atomic E-state index is -0.631. The zero-order valence-corrected chi connectivity index (χ0v) is 17.0. The first kappa shape index (κ1) is 19.1. The fourth-order valence-electron chi connectivity index (χ4n) is 3.06. The first-order chi connectivity index (χ1) is 12.8. The number of methoxy groups -OCH3 is 1. The maximum atomic E-state index is 13.0. The predicted molar refractivity (Wildman–Crippen MR) is 99.3 cm³/mol.